The van der Waals surface area contributed by atoms with Crippen molar-refractivity contribution < 1.29 is 20.1 Å². The Hall–Kier alpha value is -3.31. The second kappa shape index (κ2) is 15.9. The molecule has 8 rings (SSSR count). The summed E-state index contributed by atoms with van der Waals surface area (Å²) in [4.78, 5) is 18.4. The van der Waals surface area contributed by atoms with Crippen molar-refractivity contribution >= 4 is 13.3 Å². The van der Waals surface area contributed by atoms with Gasteiger partial charge in [0.2, 0.25) is 0 Å². The number of benzene rings is 2. The molecule has 2 aromatic carbocycles. The van der Waals surface area contributed by atoms with Crippen LogP contribution in [-0.2, 0) is 38.4 Å². The molecule has 4 nitrogen and oxygen atoms in total. The first-order chi connectivity index (χ1) is 23.3. The maximum atomic E-state index is 4.78. The van der Waals surface area contributed by atoms with E-state index in [-0.39, 0.29) is 25.5 Å². The van der Waals surface area contributed by atoms with Gasteiger partial charge in [0.05, 0.1) is 8.07 Å². The summed E-state index contributed by atoms with van der Waals surface area (Å²) in [5.41, 5.74) is 9.10. The number of fused-ring (bicyclic) bond motifs is 1. The number of hydrogen-bond acceptors (Lipinski definition) is 4. The van der Waals surface area contributed by atoms with Crippen LogP contribution in [0.1, 0.15) is 70.8 Å². The molecule has 3 aliphatic rings. The van der Waals surface area contributed by atoms with Gasteiger partial charge in [-0.2, -0.15) is 0 Å². The molecule has 3 fully saturated rings. The zero-order valence-corrected chi connectivity index (χ0v) is 34.4. The average Bonchev–Trinajstić information content (AvgIpc) is 3.65. The molecule has 3 aliphatic carbocycles. The largest absolute Gasteiger partial charge is 0.338 e. The van der Waals surface area contributed by atoms with Crippen LogP contribution in [-0.4, -0.2) is 28.0 Å². The SMILES string of the molecule is CC(C)Cc1cc(-c2[c-]nc(C(C)(C)C)nc2)ncc1-c1ccccc1.C[Si](C)(C)c1cnc(-c2[c-]cccc2)cc1CC1CC2CC1C2.[Ir]. The molecular weight excluding hydrogens is 805 g/mol. The first-order valence-corrected chi connectivity index (χ1v) is 21.6. The molecule has 3 saturated carbocycles. The van der Waals surface area contributed by atoms with E-state index in [9.17, 15) is 0 Å². The van der Waals surface area contributed by atoms with Crippen molar-refractivity contribution in [3.63, 3.8) is 0 Å². The van der Waals surface area contributed by atoms with Crippen molar-refractivity contribution in [3.8, 4) is 33.6 Å². The summed E-state index contributed by atoms with van der Waals surface area (Å²) in [5, 5.41) is 1.56. The van der Waals surface area contributed by atoms with E-state index in [1.807, 2.05) is 30.6 Å². The predicted molar refractivity (Wildman–Crippen MR) is 206 cm³/mol. The van der Waals surface area contributed by atoms with Crippen LogP contribution in [0.3, 0.4) is 0 Å². The van der Waals surface area contributed by atoms with Crippen molar-refractivity contribution in [3.05, 3.63) is 115 Å². The Balaban J connectivity index is 0.000000192. The van der Waals surface area contributed by atoms with Gasteiger partial charge in [0.1, 0.15) is 0 Å². The first-order valence-electron chi connectivity index (χ1n) is 18.1. The molecule has 1 radical (unpaired) electrons. The standard InChI is InChI=1S/C23H26N3.C21H26NSi.Ir/c1-16(2)11-18-12-21(19-13-25-22(26-14-19)23(3,4)5)24-15-20(18)17-9-7-6-8-10-17;1-23(2,3)21-14-22-20(16-7-5-4-6-8-16)13-19(21)12-18-11-15-9-17(18)10-15;/h6-10,12-13,15-16H,11H2,1-5H3;4-7,13-15,17-18H,9-12H2,1-3H3;/q2*-1;. The van der Waals surface area contributed by atoms with Gasteiger partial charge in [-0.15, -0.1) is 35.9 Å². The summed E-state index contributed by atoms with van der Waals surface area (Å²) in [7, 11) is -1.35. The van der Waals surface area contributed by atoms with Crippen LogP contribution in [0.25, 0.3) is 33.6 Å². The maximum Gasteiger partial charge on any atom is 0.0798 e. The van der Waals surface area contributed by atoms with Crippen LogP contribution >= 0.6 is 0 Å². The van der Waals surface area contributed by atoms with E-state index in [0.717, 1.165) is 52.5 Å². The summed E-state index contributed by atoms with van der Waals surface area (Å²) >= 11 is 0. The fraction of sp³-hybridized carbons (Fsp3) is 0.409. The molecular formula is C44H52IrN4Si-2. The van der Waals surface area contributed by atoms with E-state index < -0.39 is 8.07 Å². The third kappa shape index (κ3) is 9.12. The maximum absolute atomic E-state index is 4.78. The Morgan fingerprint density at radius 1 is 0.800 bits per heavy atom. The molecule has 3 aromatic heterocycles. The van der Waals surface area contributed by atoms with Gasteiger partial charge in [-0.3, -0.25) is 0 Å². The van der Waals surface area contributed by atoms with Crippen molar-refractivity contribution in [2.24, 2.45) is 23.7 Å². The molecule has 5 aromatic rings. The molecule has 0 N–H and O–H groups in total. The Morgan fingerprint density at radius 2 is 1.48 bits per heavy atom. The summed E-state index contributed by atoms with van der Waals surface area (Å²) in [6, 6.07) is 26.5. The van der Waals surface area contributed by atoms with Crippen molar-refractivity contribution in [1.29, 1.82) is 0 Å². The van der Waals surface area contributed by atoms with Gasteiger partial charge in [0.15, 0.2) is 0 Å². The monoisotopic (exact) mass is 857 g/mol. The van der Waals surface area contributed by atoms with Gasteiger partial charge in [0, 0.05) is 43.9 Å². The van der Waals surface area contributed by atoms with Crippen molar-refractivity contribution in [2.75, 3.05) is 0 Å². The number of rotatable bonds is 8. The zero-order chi connectivity index (χ0) is 34.8. The van der Waals surface area contributed by atoms with E-state index in [4.69, 9.17) is 4.98 Å². The molecule has 2 bridgehead atoms. The van der Waals surface area contributed by atoms with E-state index in [1.54, 1.807) is 10.8 Å². The van der Waals surface area contributed by atoms with E-state index >= 15 is 0 Å². The van der Waals surface area contributed by atoms with Crippen LogP contribution < -0.4 is 5.19 Å². The number of aromatic nitrogens is 4. The van der Waals surface area contributed by atoms with Crippen LogP contribution in [0.4, 0.5) is 0 Å². The molecule has 1 unspecified atom stereocenters. The molecule has 1 atom stereocenters. The van der Waals surface area contributed by atoms with Crippen molar-refractivity contribution in [2.45, 2.75) is 91.8 Å². The van der Waals surface area contributed by atoms with E-state index in [0.29, 0.717) is 5.92 Å². The van der Waals surface area contributed by atoms with Gasteiger partial charge in [-0.1, -0.05) is 114 Å². The van der Waals surface area contributed by atoms with Crippen LogP contribution in [0, 0.1) is 35.9 Å². The number of hydrogen-bond donors (Lipinski definition) is 0. The van der Waals surface area contributed by atoms with Gasteiger partial charge in [0.25, 0.3) is 0 Å². The summed E-state index contributed by atoms with van der Waals surface area (Å²) in [5.74, 6) is 4.34. The summed E-state index contributed by atoms with van der Waals surface area (Å²) in [6.45, 7) is 18.1. The molecule has 263 valence electrons. The van der Waals surface area contributed by atoms with Crippen LogP contribution in [0.5, 0.6) is 0 Å². The Bertz CT molecular complexity index is 1840. The molecule has 0 saturated heterocycles. The minimum absolute atomic E-state index is 0. The summed E-state index contributed by atoms with van der Waals surface area (Å²) in [6.07, 6.45) is 15.8. The van der Waals surface area contributed by atoms with Gasteiger partial charge in [-0.05, 0) is 95.1 Å². The number of nitrogens with zero attached hydrogens (tertiary/aromatic N) is 4. The fourth-order valence-electron chi connectivity index (χ4n) is 7.47. The minimum atomic E-state index is -1.35. The van der Waals surface area contributed by atoms with E-state index in [1.165, 1.54) is 42.4 Å². The molecule has 50 heavy (non-hydrogen) atoms. The van der Waals surface area contributed by atoms with Gasteiger partial charge >= 0.3 is 0 Å². The zero-order valence-electron chi connectivity index (χ0n) is 31.1. The molecule has 0 aliphatic heterocycles. The Labute approximate surface area is 315 Å². The predicted octanol–water partition coefficient (Wildman–Crippen LogP) is 10.2. The molecule has 0 spiro atoms. The molecule has 0 amide bonds. The van der Waals surface area contributed by atoms with Gasteiger partial charge in [-0.25, -0.2) is 0 Å². The van der Waals surface area contributed by atoms with Crippen molar-refractivity contribution in [1.82, 2.24) is 19.9 Å². The number of pyridine rings is 2. The molecule has 6 heteroatoms. The minimum Gasteiger partial charge on any atom is -0.338 e. The second-order valence-electron chi connectivity index (χ2n) is 16.7. The summed E-state index contributed by atoms with van der Waals surface area (Å²) < 4.78 is 0. The molecule has 3 heterocycles. The first kappa shape index (κ1) is 37.9. The van der Waals surface area contributed by atoms with Gasteiger partial charge < -0.3 is 19.9 Å². The fourth-order valence-corrected chi connectivity index (χ4v) is 9.06. The Kier molecular flexibility index (Phi) is 12.1. The smallest absolute Gasteiger partial charge is 0.0798 e. The average molecular weight is 857 g/mol. The van der Waals surface area contributed by atoms with Crippen LogP contribution in [0.15, 0.2) is 85.3 Å². The van der Waals surface area contributed by atoms with E-state index in [2.05, 4.69) is 136 Å². The Morgan fingerprint density at radius 3 is 2.06 bits per heavy atom. The van der Waals surface area contributed by atoms with Crippen LogP contribution in [0.2, 0.25) is 19.6 Å². The normalized spacial score (nSPS) is 18.1. The quantitative estimate of drug-likeness (QED) is 0.115. The third-order valence-corrected chi connectivity index (χ3v) is 12.2. The third-order valence-electron chi connectivity index (χ3n) is 10.1. The topological polar surface area (TPSA) is 51.6 Å². The second-order valence-corrected chi connectivity index (χ2v) is 21.7.